The Morgan fingerprint density at radius 2 is 1.64 bits per heavy atom. The summed E-state index contributed by atoms with van der Waals surface area (Å²) in [5.41, 5.74) is 1.92. The molecule has 4 heteroatoms. The van der Waals surface area contributed by atoms with Crippen LogP contribution in [0.1, 0.15) is 0 Å². The third kappa shape index (κ3) is 7.13. The van der Waals surface area contributed by atoms with Crippen LogP contribution in [-0.2, 0) is 0 Å². The molecule has 0 fully saturated rings. The lowest BCUT2D eigenvalue weighted by molar-refractivity contribution is 1.34. The van der Waals surface area contributed by atoms with Gasteiger partial charge in [-0.1, -0.05) is 25.3 Å². The van der Waals surface area contributed by atoms with E-state index in [0.29, 0.717) is 0 Å². The van der Waals surface area contributed by atoms with Gasteiger partial charge in [0.2, 0.25) is 0 Å². The van der Waals surface area contributed by atoms with Crippen LogP contribution in [0.5, 0.6) is 0 Å². The number of rotatable bonds is 4. The molecule has 0 aromatic rings. The zero-order valence-corrected chi connectivity index (χ0v) is 11.0. The highest BCUT2D eigenvalue weighted by Crippen LogP contribution is 2.25. The minimum Gasteiger partial charge on any atom is -0.168 e. The Bertz CT molecular complexity index is 138. The first-order valence-electron chi connectivity index (χ1n) is 3.78. The molecule has 0 aromatic heterocycles. The van der Waals surface area contributed by atoms with Crippen LogP contribution in [0.2, 0.25) is 31.7 Å². The van der Waals surface area contributed by atoms with Crippen LogP contribution in [0.25, 0.3) is 0 Å². The molecule has 0 heterocycles. The van der Waals surface area contributed by atoms with Gasteiger partial charge in [0.1, 0.15) is 7.38 Å². The van der Waals surface area contributed by atoms with Crippen molar-refractivity contribution in [3.8, 4) is 0 Å². The molecule has 0 aliphatic heterocycles. The third-order valence-electron chi connectivity index (χ3n) is 1.63. The molecule has 0 saturated carbocycles. The minimum absolute atomic E-state index is 1.07. The zero-order chi connectivity index (χ0) is 9.12. The van der Waals surface area contributed by atoms with Gasteiger partial charge < -0.3 is 0 Å². The molecule has 0 nitrogen and oxygen atoms in total. The highest BCUT2D eigenvalue weighted by molar-refractivity contribution is 7.24. The topological polar surface area (TPSA) is 0 Å². The third-order valence-corrected chi connectivity index (χ3v) is 7.25. The molecule has 0 rings (SSSR count). The Morgan fingerprint density at radius 3 is 1.91 bits per heavy atom. The molecule has 0 amide bonds. The summed E-state index contributed by atoms with van der Waals surface area (Å²) < 4.78 is 0. The van der Waals surface area contributed by atoms with Crippen LogP contribution in [0.4, 0.5) is 0 Å². The van der Waals surface area contributed by atoms with Crippen LogP contribution < -0.4 is 0 Å². The largest absolute Gasteiger partial charge is 0.175 e. The molecule has 66 valence electrons. The van der Waals surface area contributed by atoms with Gasteiger partial charge in [-0.3, -0.25) is 0 Å². The van der Waals surface area contributed by atoms with Gasteiger partial charge in [-0.25, -0.2) is 0 Å². The highest BCUT2D eigenvalue weighted by Gasteiger charge is 2.25. The molecule has 0 radical (unpaired) electrons. The summed E-state index contributed by atoms with van der Waals surface area (Å²) in [5, 5.41) is 0. The van der Waals surface area contributed by atoms with E-state index in [-0.39, 0.29) is 0 Å². The second kappa shape index (κ2) is 4.12. The predicted molar refractivity (Wildman–Crippen MR) is 60.6 cm³/mol. The van der Waals surface area contributed by atoms with Crippen molar-refractivity contribution >= 4 is 36.9 Å². The SMILES string of the molecule is C=C[Si](C)(Cl)CC[Si](C)(C)Cl. The standard InChI is InChI=1S/C7H16Cl2Si2/c1-5-11(4,9)7-6-10(2,3)8/h5H,1,6-7H2,2-4H3. The molecular formula is C7H16Cl2Si2. The monoisotopic (exact) mass is 226 g/mol. The summed E-state index contributed by atoms with van der Waals surface area (Å²) in [6, 6.07) is 2.17. The van der Waals surface area contributed by atoms with Gasteiger partial charge in [-0.05, 0) is 12.1 Å². The van der Waals surface area contributed by atoms with Gasteiger partial charge in [-0.15, -0.1) is 6.58 Å². The molecule has 0 N–H and O–H groups in total. The van der Waals surface area contributed by atoms with E-state index in [4.69, 9.17) is 22.2 Å². The number of hydrogen-bond acceptors (Lipinski definition) is 0. The van der Waals surface area contributed by atoms with E-state index < -0.39 is 14.8 Å². The molecule has 0 aromatic carbocycles. The van der Waals surface area contributed by atoms with Gasteiger partial charge in [0.15, 0.2) is 7.38 Å². The summed E-state index contributed by atoms with van der Waals surface area (Å²) in [5.74, 6) is 0. The first-order valence-corrected chi connectivity index (χ1v) is 11.8. The molecule has 0 saturated heterocycles. The Morgan fingerprint density at radius 1 is 1.18 bits per heavy atom. The normalized spacial score (nSPS) is 17.5. The second-order valence-electron chi connectivity index (χ2n) is 3.70. The fourth-order valence-corrected chi connectivity index (χ4v) is 6.88. The molecule has 0 bridgehead atoms. The fraction of sp³-hybridized carbons (Fsp3) is 0.714. The van der Waals surface area contributed by atoms with E-state index in [1.807, 2.05) is 5.70 Å². The first kappa shape index (κ1) is 11.8. The van der Waals surface area contributed by atoms with Crippen molar-refractivity contribution in [3.05, 3.63) is 12.3 Å². The van der Waals surface area contributed by atoms with Crippen molar-refractivity contribution in [2.45, 2.75) is 31.7 Å². The molecule has 11 heavy (non-hydrogen) atoms. The van der Waals surface area contributed by atoms with E-state index >= 15 is 0 Å². The fourth-order valence-electron chi connectivity index (χ4n) is 0.644. The lowest BCUT2D eigenvalue weighted by Crippen LogP contribution is -2.24. The maximum atomic E-state index is 6.21. The van der Waals surface area contributed by atoms with Gasteiger partial charge in [-0.2, -0.15) is 22.2 Å². The average molecular weight is 227 g/mol. The Balaban J connectivity index is 3.79. The van der Waals surface area contributed by atoms with E-state index in [2.05, 4.69) is 26.2 Å². The van der Waals surface area contributed by atoms with Crippen molar-refractivity contribution in [2.24, 2.45) is 0 Å². The lowest BCUT2D eigenvalue weighted by Gasteiger charge is -2.18. The highest BCUT2D eigenvalue weighted by atomic mass is 35.6. The summed E-state index contributed by atoms with van der Waals surface area (Å²) in [6.45, 7) is 10.1. The van der Waals surface area contributed by atoms with E-state index in [1.54, 1.807) is 0 Å². The smallest absolute Gasteiger partial charge is 0.168 e. The van der Waals surface area contributed by atoms with Crippen LogP contribution in [0, 0.1) is 0 Å². The van der Waals surface area contributed by atoms with Crippen molar-refractivity contribution in [2.75, 3.05) is 0 Å². The summed E-state index contributed by atoms with van der Waals surface area (Å²) >= 11 is 12.4. The maximum Gasteiger partial charge on any atom is 0.175 e. The van der Waals surface area contributed by atoms with Crippen molar-refractivity contribution in [1.29, 1.82) is 0 Å². The number of hydrogen-bond donors (Lipinski definition) is 0. The number of halogens is 2. The van der Waals surface area contributed by atoms with Crippen LogP contribution in [0.15, 0.2) is 12.3 Å². The maximum absolute atomic E-state index is 6.21. The van der Waals surface area contributed by atoms with Gasteiger partial charge in [0, 0.05) is 0 Å². The lowest BCUT2D eigenvalue weighted by atomic mass is 10.9. The second-order valence-corrected chi connectivity index (χ2v) is 16.8. The zero-order valence-electron chi connectivity index (χ0n) is 7.45. The van der Waals surface area contributed by atoms with E-state index in [1.165, 1.54) is 0 Å². The summed E-state index contributed by atoms with van der Waals surface area (Å²) in [4.78, 5) is 0. The molecule has 0 aliphatic carbocycles. The summed E-state index contributed by atoms with van der Waals surface area (Å²) in [7, 11) is -3.01. The van der Waals surface area contributed by atoms with Crippen molar-refractivity contribution in [1.82, 2.24) is 0 Å². The molecular weight excluding hydrogens is 211 g/mol. The van der Waals surface area contributed by atoms with Gasteiger partial charge in [0.05, 0.1) is 0 Å². The predicted octanol–water partition coefficient (Wildman–Crippen LogP) is 3.97. The Hall–Kier alpha value is 0.754. The van der Waals surface area contributed by atoms with Crippen LogP contribution in [-0.4, -0.2) is 14.8 Å². The van der Waals surface area contributed by atoms with Crippen molar-refractivity contribution < 1.29 is 0 Å². The van der Waals surface area contributed by atoms with Crippen molar-refractivity contribution in [3.63, 3.8) is 0 Å². The minimum atomic E-state index is -1.60. The van der Waals surface area contributed by atoms with E-state index in [0.717, 1.165) is 12.1 Å². The molecule has 0 spiro atoms. The first-order chi connectivity index (χ1) is 4.77. The van der Waals surface area contributed by atoms with Crippen LogP contribution >= 0.6 is 22.2 Å². The van der Waals surface area contributed by atoms with Gasteiger partial charge >= 0.3 is 0 Å². The average Bonchev–Trinajstić information content (AvgIpc) is 1.83. The van der Waals surface area contributed by atoms with E-state index in [9.17, 15) is 0 Å². The molecule has 1 unspecified atom stereocenters. The molecule has 1 atom stereocenters. The van der Waals surface area contributed by atoms with Gasteiger partial charge in [0.25, 0.3) is 0 Å². The Labute approximate surface area is 81.0 Å². The summed E-state index contributed by atoms with van der Waals surface area (Å²) in [6.07, 6.45) is 0. The quantitative estimate of drug-likeness (QED) is 0.503. The van der Waals surface area contributed by atoms with Crippen LogP contribution in [0.3, 0.4) is 0 Å². The Kier molecular flexibility index (Phi) is 4.40. The molecule has 0 aliphatic rings.